The second-order valence-electron chi connectivity index (χ2n) is 7.70. The number of hydrogen-bond acceptors (Lipinski definition) is 4. The minimum atomic E-state index is 0.622. The van der Waals surface area contributed by atoms with Gasteiger partial charge in [-0.1, -0.05) is 30.3 Å². The lowest BCUT2D eigenvalue weighted by Gasteiger charge is -2.24. The van der Waals surface area contributed by atoms with Gasteiger partial charge in [0.1, 0.15) is 11.6 Å². The summed E-state index contributed by atoms with van der Waals surface area (Å²) >= 11 is 0. The first-order valence-corrected chi connectivity index (χ1v) is 9.55. The molecule has 1 saturated heterocycles. The van der Waals surface area contributed by atoms with E-state index in [1.807, 2.05) is 0 Å². The van der Waals surface area contributed by atoms with E-state index in [2.05, 4.69) is 69.0 Å². The predicted octanol–water partition coefficient (Wildman–Crippen LogP) is 2.44. The molecule has 0 radical (unpaired) electrons. The van der Waals surface area contributed by atoms with Crippen molar-refractivity contribution in [2.75, 3.05) is 26.7 Å². The molecule has 2 fully saturated rings. The highest BCUT2D eigenvalue weighted by molar-refractivity contribution is 5.15. The van der Waals surface area contributed by atoms with Crippen molar-refractivity contribution in [3.05, 3.63) is 47.5 Å². The van der Waals surface area contributed by atoms with Gasteiger partial charge in [-0.3, -0.25) is 4.90 Å². The van der Waals surface area contributed by atoms with Crippen LogP contribution in [0.2, 0.25) is 0 Å². The largest absolute Gasteiger partial charge is 0.317 e. The molecule has 1 aromatic heterocycles. The smallest absolute Gasteiger partial charge is 0.146 e. The third kappa shape index (κ3) is 3.93. The summed E-state index contributed by atoms with van der Waals surface area (Å²) < 4.78 is 2.22. The first kappa shape index (κ1) is 16.7. The Bertz CT molecular complexity index is 691. The van der Waals surface area contributed by atoms with Gasteiger partial charge in [0.2, 0.25) is 0 Å². The average molecular weight is 339 g/mol. The topological polar surface area (TPSA) is 37.2 Å². The molecule has 0 unspecified atom stereocenters. The molecule has 5 nitrogen and oxygen atoms in total. The Hall–Kier alpha value is -1.72. The zero-order valence-electron chi connectivity index (χ0n) is 15.4. The number of likely N-dealkylation sites (tertiary alicyclic amines) is 1. The van der Waals surface area contributed by atoms with E-state index < -0.39 is 0 Å². The van der Waals surface area contributed by atoms with Gasteiger partial charge in [0, 0.05) is 32.1 Å². The first-order chi connectivity index (χ1) is 12.2. The summed E-state index contributed by atoms with van der Waals surface area (Å²) in [6.07, 6.45) is 4.95. The lowest BCUT2D eigenvalue weighted by molar-refractivity contribution is 0.219. The van der Waals surface area contributed by atoms with E-state index in [-0.39, 0.29) is 0 Å². The quantitative estimate of drug-likeness (QED) is 0.776. The Kier molecular flexibility index (Phi) is 4.86. The highest BCUT2D eigenvalue weighted by atomic mass is 15.3. The van der Waals surface area contributed by atoms with Crippen molar-refractivity contribution in [1.29, 1.82) is 0 Å². The van der Waals surface area contributed by atoms with Gasteiger partial charge >= 0.3 is 0 Å². The second-order valence-corrected chi connectivity index (χ2v) is 7.70. The minimum Gasteiger partial charge on any atom is -0.317 e. The van der Waals surface area contributed by atoms with Crippen LogP contribution in [0.25, 0.3) is 0 Å². The van der Waals surface area contributed by atoms with Gasteiger partial charge in [-0.05, 0) is 44.8 Å². The molecule has 2 heterocycles. The summed E-state index contributed by atoms with van der Waals surface area (Å²) in [6, 6.07) is 11.4. The monoisotopic (exact) mass is 339 g/mol. The van der Waals surface area contributed by atoms with E-state index in [0.29, 0.717) is 12.0 Å². The fourth-order valence-corrected chi connectivity index (χ4v) is 3.87. The van der Waals surface area contributed by atoms with Crippen molar-refractivity contribution in [3.8, 4) is 0 Å². The standard InChI is InChI=1S/C20H29N5/c1-23(15-19-21-22-20(24(19)2)17-8-9-17)18-11-13-25(14-18)12-10-16-6-4-3-5-7-16/h3-7,17-18H,8-15H2,1-2H3/t18-/m1/s1. The van der Waals surface area contributed by atoms with Crippen LogP contribution in [0.3, 0.4) is 0 Å². The molecule has 1 aromatic carbocycles. The van der Waals surface area contributed by atoms with Gasteiger partial charge < -0.3 is 9.47 Å². The van der Waals surface area contributed by atoms with Gasteiger partial charge in [-0.25, -0.2) is 0 Å². The lowest BCUT2D eigenvalue weighted by Crippen LogP contribution is -2.35. The molecule has 134 valence electrons. The number of likely N-dealkylation sites (N-methyl/N-ethyl adjacent to an activating group) is 1. The van der Waals surface area contributed by atoms with Crippen LogP contribution in [0.1, 0.15) is 42.4 Å². The fraction of sp³-hybridized carbons (Fsp3) is 0.600. The zero-order chi connectivity index (χ0) is 17.2. The molecule has 0 spiro atoms. The van der Waals surface area contributed by atoms with Crippen LogP contribution >= 0.6 is 0 Å². The number of nitrogens with zero attached hydrogens (tertiary/aromatic N) is 5. The summed E-state index contributed by atoms with van der Waals surface area (Å²) in [5.74, 6) is 2.95. The molecule has 2 aromatic rings. The first-order valence-electron chi connectivity index (χ1n) is 9.55. The van der Waals surface area contributed by atoms with E-state index in [0.717, 1.165) is 31.9 Å². The molecule has 4 rings (SSSR count). The number of rotatable bonds is 7. The minimum absolute atomic E-state index is 0.622. The Morgan fingerprint density at radius 1 is 1.12 bits per heavy atom. The number of benzene rings is 1. The third-order valence-corrected chi connectivity index (χ3v) is 5.76. The predicted molar refractivity (Wildman–Crippen MR) is 99.4 cm³/mol. The molecular formula is C20H29N5. The molecule has 1 saturated carbocycles. The molecule has 0 amide bonds. The number of hydrogen-bond donors (Lipinski definition) is 0. The van der Waals surface area contributed by atoms with Crippen LogP contribution < -0.4 is 0 Å². The van der Waals surface area contributed by atoms with Gasteiger partial charge in [-0.15, -0.1) is 10.2 Å². The Labute approximate surface area is 150 Å². The van der Waals surface area contributed by atoms with Crippen LogP contribution in [-0.2, 0) is 20.0 Å². The molecule has 1 aliphatic carbocycles. The van der Waals surface area contributed by atoms with Crippen molar-refractivity contribution < 1.29 is 0 Å². The normalized spacial score (nSPS) is 21.3. The maximum Gasteiger partial charge on any atom is 0.146 e. The summed E-state index contributed by atoms with van der Waals surface area (Å²) in [7, 11) is 4.36. The highest BCUT2D eigenvalue weighted by Gasteiger charge is 2.30. The summed E-state index contributed by atoms with van der Waals surface area (Å²) in [5.41, 5.74) is 1.44. The van der Waals surface area contributed by atoms with Gasteiger partial charge in [0.15, 0.2) is 0 Å². The molecule has 25 heavy (non-hydrogen) atoms. The van der Waals surface area contributed by atoms with E-state index in [9.17, 15) is 0 Å². The van der Waals surface area contributed by atoms with Gasteiger partial charge in [0.05, 0.1) is 6.54 Å². The third-order valence-electron chi connectivity index (χ3n) is 5.76. The molecule has 1 atom stereocenters. The highest BCUT2D eigenvalue weighted by Crippen LogP contribution is 2.38. The van der Waals surface area contributed by atoms with Crippen LogP contribution in [-0.4, -0.2) is 57.3 Å². The second kappa shape index (κ2) is 7.26. The van der Waals surface area contributed by atoms with Gasteiger partial charge in [-0.2, -0.15) is 0 Å². The zero-order valence-corrected chi connectivity index (χ0v) is 15.4. The van der Waals surface area contributed by atoms with E-state index in [4.69, 9.17) is 0 Å². The van der Waals surface area contributed by atoms with Crippen LogP contribution in [0.5, 0.6) is 0 Å². The summed E-state index contributed by atoms with van der Waals surface area (Å²) in [6.45, 7) is 4.42. The van der Waals surface area contributed by atoms with Crippen molar-refractivity contribution in [2.45, 2.75) is 44.2 Å². The van der Waals surface area contributed by atoms with E-state index in [1.165, 1.54) is 37.2 Å². The Morgan fingerprint density at radius 2 is 1.92 bits per heavy atom. The van der Waals surface area contributed by atoms with Crippen molar-refractivity contribution in [3.63, 3.8) is 0 Å². The molecular weight excluding hydrogens is 310 g/mol. The molecule has 0 N–H and O–H groups in total. The average Bonchev–Trinajstić information content (AvgIpc) is 3.25. The van der Waals surface area contributed by atoms with E-state index >= 15 is 0 Å². The lowest BCUT2D eigenvalue weighted by atomic mass is 10.1. The van der Waals surface area contributed by atoms with Gasteiger partial charge in [0.25, 0.3) is 0 Å². The van der Waals surface area contributed by atoms with Crippen LogP contribution in [0, 0.1) is 0 Å². The molecule has 2 aliphatic rings. The van der Waals surface area contributed by atoms with Crippen molar-refractivity contribution in [1.82, 2.24) is 24.6 Å². The van der Waals surface area contributed by atoms with Crippen LogP contribution in [0.15, 0.2) is 30.3 Å². The van der Waals surface area contributed by atoms with E-state index in [1.54, 1.807) is 0 Å². The molecule has 1 aliphatic heterocycles. The summed E-state index contributed by atoms with van der Waals surface area (Å²) in [5, 5.41) is 8.85. The van der Waals surface area contributed by atoms with Crippen LogP contribution in [0.4, 0.5) is 0 Å². The number of aromatic nitrogens is 3. The Morgan fingerprint density at radius 3 is 2.68 bits per heavy atom. The maximum atomic E-state index is 4.44. The fourth-order valence-electron chi connectivity index (χ4n) is 3.87. The SMILES string of the molecule is CN(Cc1nnc(C2CC2)n1C)[C@@H]1CCN(CCc2ccccc2)C1. The molecule has 5 heteroatoms. The molecule has 0 bridgehead atoms. The maximum absolute atomic E-state index is 4.44. The van der Waals surface area contributed by atoms with Crippen molar-refractivity contribution >= 4 is 0 Å². The Balaban J connectivity index is 1.27. The summed E-state index contributed by atoms with van der Waals surface area (Å²) in [4.78, 5) is 5.06. The van der Waals surface area contributed by atoms with Crippen molar-refractivity contribution in [2.24, 2.45) is 7.05 Å².